The quantitative estimate of drug-likeness (QED) is 0.797. The Morgan fingerprint density at radius 2 is 1.94 bits per heavy atom. The maximum Gasteiger partial charge on any atom is 0.143 e. The summed E-state index contributed by atoms with van der Waals surface area (Å²) in [5.74, 6) is -0.467. The molecular formula is C12H9BrClFN2. The zero-order valence-electron chi connectivity index (χ0n) is 8.68. The lowest BCUT2D eigenvalue weighted by Gasteiger charge is -2.10. The summed E-state index contributed by atoms with van der Waals surface area (Å²) in [6, 6.07) is 9.92. The molecule has 5 heteroatoms. The second-order valence-electron chi connectivity index (χ2n) is 3.49. The van der Waals surface area contributed by atoms with Crippen molar-refractivity contribution < 1.29 is 4.39 Å². The molecule has 0 saturated heterocycles. The summed E-state index contributed by atoms with van der Waals surface area (Å²) in [5, 5.41) is 3.12. The molecule has 2 rings (SSSR count). The number of nitrogen functional groups attached to an aromatic ring is 1. The van der Waals surface area contributed by atoms with Gasteiger partial charge in [-0.2, -0.15) is 0 Å². The van der Waals surface area contributed by atoms with Gasteiger partial charge in [0.15, 0.2) is 0 Å². The molecule has 0 aliphatic carbocycles. The first-order valence-electron chi connectivity index (χ1n) is 4.83. The molecule has 0 atom stereocenters. The van der Waals surface area contributed by atoms with E-state index in [9.17, 15) is 4.39 Å². The Morgan fingerprint density at radius 1 is 1.18 bits per heavy atom. The fraction of sp³-hybridized carbons (Fsp3) is 0. The molecule has 0 bridgehead atoms. The molecular weight excluding hydrogens is 307 g/mol. The summed E-state index contributed by atoms with van der Waals surface area (Å²) in [5.41, 5.74) is 7.69. The zero-order chi connectivity index (χ0) is 12.4. The van der Waals surface area contributed by atoms with Crippen molar-refractivity contribution in [2.24, 2.45) is 0 Å². The Morgan fingerprint density at radius 3 is 2.65 bits per heavy atom. The van der Waals surface area contributed by atoms with Crippen molar-refractivity contribution in [3.05, 3.63) is 51.7 Å². The molecule has 0 fully saturated rings. The van der Waals surface area contributed by atoms with Crippen LogP contribution in [0.25, 0.3) is 0 Å². The van der Waals surface area contributed by atoms with Gasteiger partial charge in [0.05, 0.1) is 16.4 Å². The van der Waals surface area contributed by atoms with Crippen LogP contribution in [0, 0.1) is 5.82 Å². The second-order valence-corrected chi connectivity index (χ2v) is 4.81. The van der Waals surface area contributed by atoms with E-state index in [0.29, 0.717) is 17.1 Å². The van der Waals surface area contributed by atoms with E-state index >= 15 is 0 Å². The standard InChI is InChI=1S/C12H9BrClFN2/c13-7-1-4-11(16)12(5-7)17-8-2-3-9(14)10(15)6-8/h1-6,17H,16H2. The van der Waals surface area contributed by atoms with Crippen LogP contribution in [0.2, 0.25) is 5.02 Å². The van der Waals surface area contributed by atoms with E-state index in [-0.39, 0.29) is 5.02 Å². The van der Waals surface area contributed by atoms with Crippen molar-refractivity contribution in [2.45, 2.75) is 0 Å². The first kappa shape index (κ1) is 12.2. The molecule has 0 heterocycles. The molecule has 0 spiro atoms. The minimum Gasteiger partial charge on any atom is -0.397 e. The van der Waals surface area contributed by atoms with E-state index in [1.807, 2.05) is 12.1 Å². The Balaban J connectivity index is 2.31. The van der Waals surface area contributed by atoms with Crippen molar-refractivity contribution in [1.29, 1.82) is 0 Å². The van der Waals surface area contributed by atoms with E-state index < -0.39 is 5.82 Å². The number of benzene rings is 2. The Hall–Kier alpha value is -1.26. The Kier molecular flexibility index (Phi) is 3.54. The predicted molar refractivity (Wildman–Crippen MR) is 73.2 cm³/mol. The molecule has 3 N–H and O–H groups in total. The van der Waals surface area contributed by atoms with E-state index in [2.05, 4.69) is 21.2 Å². The lowest BCUT2D eigenvalue weighted by atomic mass is 10.2. The van der Waals surface area contributed by atoms with Crippen molar-refractivity contribution in [2.75, 3.05) is 11.1 Å². The number of nitrogens with one attached hydrogen (secondary N) is 1. The molecule has 2 nitrogen and oxygen atoms in total. The van der Waals surface area contributed by atoms with Gasteiger partial charge in [-0.3, -0.25) is 0 Å². The molecule has 88 valence electrons. The highest BCUT2D eigenvalue weighted by molar-refractivity contribution is 9.10. The van der Waals surface area contributed by atoms with Crippen LogP contribution in [0.15, 0.2) is 40.9 Å². The molecule has 0 aliphatic rings. The van der Waals surface area contributed by atoms with Crippen molar-refractivity contribution in [3.8, 4) is 0 Å². The number of halogens is 3. The van der Waals surface area contributed by atoms with Gasteiger partial charge < -0.3 is 11.1 Å². The van der Waals surface area contributed by atoms with Gasteiger partial charge in [0.1, 0.15) is 5.82 Å². The topological polar surface area (TPSA) is 38.0 Å². The first-order chi connectivity index (χ1) is 8.06. The molecule has 17 heavy (non-hydrogen) atoms. The zero-order valence-corrected chi connectivity index (χ0v) is 11.0. The minimum absolute atomic E-state index is 0.0952. The lowest BCUT2D eigenvalue weighted by molar-refractivity contribution is 0.629. The average molecular weight is 316 g/mol. The fourth-order valence-corrected chi connectivity index (χ4v) is 1.84. The second kappa shape index (κ2) is 4.94. The number of anilines is 3. The third kappa shape index (κ3) is 2.90. The molecule has 2 aromatic carbocycles. The van der Waals surface area contributed by atoms with Crippen LogP contribution in [0.5, 0.6) is 0 Å². The summed E-state index contributed by atoms with van der Waals surface area (Å²) >= 11 is 8.95. The van der Waals surface area contributed by atoms with Gasteiger partial charge in [0, 0.05) is 10.2 Å². The van der Waals surface area contributed by atoms with Crippen molar-refractivity contribution >= 4 is 44.6 Å². The lowest BCUT2D eigenvalue weighted by Crippen LogP contribution is -1.96. The molecule has 0 saturated carbocycles. The van der Waals surface area contributed by atoms with Crippen LogP contribution >= 0.6 is 27.5 Å². The third-order valence-electron chi connectivity index (χ3n) is 2.21. The first-order valence-corrected chi connectivity index (χ1v) is 6.00. The summed E-state index contributed by atoms with van der Waals surface area (Å²) in [4.78, 5) is 0. The number of rotatable bonds is 2. The van der Waals surface area contributed by atoms with Crippen molar-refractivity contribution in [3.63, 3.8) is 0 Å². The summed E-state index contributed by atoms with van der Waals surface area (Å²) in [6.07, 6.45) is 0. The largest absolute Gasteiger partial charge is 0.397 e. The minimum atomic E-state index is -0.467. The Bertz CT molecular complexity index is 560. The van der Waals surface area contributed by atoms with Crippen LogP contribution in [0.3, 0.4) is 0 Å². The van der Waals surface area contributed by atoms with E-state index in [4.69, 9.17) is 17.3 Å². The van der Waals surface area contributed by atoms with Crippen LogP contribution in [0.1, 0.15) is 0 Å². The Labute approximate surface area is 112 Å². The van der Waals surface area contributed by atoms with Crippen LogP contribution < -0.4 is 11.1 Å². The van der Waals surface area contributed by atoms with E-state index in [1.54, 1.807) is 12.1 Å². The number of hydrogen-bond acceptors (Lipinski definition) is 2. The molecule has 0 aliphatic heterocycles. The van der Waals surface area contributed by atoms with E-state index in [1.165, 1.54) is 12.1 Å². The van der Waals surface area contributed by atoms with Gasteiger partial charge in [-0.15, -0.1) is 0 Å². The van der Waals surface area contributed by atoms with Gasteiger partial charge in [-0.25, -0.2) is 4.39 Å². The summed E-state index contributed by atoms with van der Waals surface area (Å²) in [6.45, 7) is 0. The maximum absolute atomic E-state index is 13.2. The summed E-state index contributed by atoms with van der Waals surface area (Å²) in [7, 11) is 0. The molecule has 0 aromatic heterocycles. The van der Waals surface area contributed by atoms with Gasteiger partial charge in [-0.1, -0.05) is 27.5 Å². The molecule has 2 aromatic rings. The molecule has 0 unspecified atom stereocenters. The smallest absolute Gasteiger partial charge is 0.143 e. The fourth-order valence-electron chi connectivity index (χ4n) is 1.37. The summed E-state index contributed by atoms with van der Waals surface area (Å²) < 4.78 is 14.1. The van der Waals surface area contributed by atoms with Gasteiger partial charge >= 0.3 is 0 Å². The number of hydrogen-bond donors (Lipinski definition) is 2. The normalized spacial score (nSPS) is 10.3. The van der Waals surface area contributed by atoms with Gasteiger partial charge in [0.2, 0.25) is 0 Å². The van der Waals surface area contributed by atoms with Crippen LogP contribution in [0.4, 0.5) is 21.5 Å². The van der Waals surface area contributed by atoms with Crippen molar-refractivity contribution in [1.82, 2.24) is 0 Å². The monoisotopic (exact) mass is 314 g/mol. The van der Waals surface area contributed by atoms with Gasteiger partial charge in [0.25, 0.3) is 0 Å². The predicted octanol–water partition coefficient (Wildman–Crippen LogP) is 4.57. The average Bonchev–Trinajstić information content (AvgIpc) is 2.29. The maximum atomic E-state index is 13.2. The highest BCUT2D eigenvalue weighted by atomic mass is 79.9. The highest BCUT2D eigenvalue weighted by Crippen LogP contribution is 2.28. The third-order valence-corrected chi connectivity index (χ3v) is 3.01. The molecule has 0 amide bonds. The molecule has 0 radical (unpaired) electrons. The SMILES string of the molecule is Nc1ccc(Br)cc1Nc1ccc(Cl)c(F)c1. The van der Waals surface area contributed by atoms with E-state index in [0.717, 1.165) is 4.47 Å². The van der Waals surface area contributed by atoms with Gasteiger partial charge in [-0.05, 0) is 36.4 Å². The van der Waals surface area contributed by atoms with Crippen LogP contribution in [-0.4, -0.2) is 0 Å². The van der Waals surface area contributed by atoms with Crippen LogP contribution in [-0.2, 0) is 0 Å². The number of nitrogens with two attached hydrogens (primary N) is 1. The highest BCUT2D eigenvalue weighted by Gasteiger charge is 2.04.